The SMILES string of the molecule is NC(=NCc1ccc2c(c1)OCO2)N[N+](=O)[O-]. The lowest BCUT2D eigenvalue weighted by atomic mass is 10.2. The Morgan fingerprint density at radius 2 is 2.29 bits per heavy atom. The molecule has 1 aliphatic heterocycles. The van der Waals surface area contributed by atoms with Crippen molar-refractivity contribution < 1.29 is 14.5 Å². The lowest BCUT2D eigenvalue weighted by Gasteiger charge is -2.00. The summed E-state index contributed by atoms with van der Waals surface area (Å²) in [6, 6.07) is 5.30. The molecule has 0 aliphatic carbocycles. The number of benzene rings is 1. The summed E-state index contributed by atoms with van der Waals surface area (Å²) >= 11 is 0. The molecule has 3 N–H and O–H groups in total. The van der Waals surface area contributed by atoms with Crippen molar-refractivity contribution in [3.05, 3.63) is 33.9 Å². The standard InChI is InChI=1S/C9H10N4O4/c10-9(12-13(14)15)11-4-6-1-2-7-8(3-6)17-5-16-7/h1-3H,4-5H2,(H3,10,11,12). The van der Waals surface area contributed by atoms with E-state index in [-0.39, 0.29) is 19.3 Å². The quantitative estimate of drug-likeness (QED) is 0.332. The molecular formula is C9H10N4O4. The highest BCUT2D eigenvalue weighted by molar-refractivity contribution is 5.76. The zero-order chi connectivity index (χ0) is 12.3. The minimum Gasteiger partial charge on any atom is -0.454 e. The van der Waals surface area contributed by atoms with Gasteiger partial charge in [-0.25, -0.2) is 15.1 Å². The fourth-order valence-electron chi connectivity index (χ4n) is 1.34. The van der Waals surface area contributed by atoms with Crippen LogP contribution >= 0.6 is 0 Å². The van der Waals surface area contributed by atoms with Crippen molar-refractivity contribution in [2.45, 2.75) is 6.54 Å². The summed E-state index contributed by atoms with van der Waals surface area (Å²) in [5.74, 6) is 1.07. The van der Waals surface area contributed by atoms with Crippen molar-refractivity contribution >= 4 is 5.96 Å². The van der Waals surface area contributed by atoms with Gasteiger partial charge in [-0.2, -0.15) is 0 Å². The lowest BCUT2D eigenvalue weighted by molar-refractivity contribution is -0.525. The first kappa shape index (κ1) is 11.0. The second-order valence-corrected chi connectivity index (χ2v) is 3.26. The number of aliphatic imine (C=N–C) groups is 1. The number of nitrogens with zero attached hydrogens (tertiary/aromatic N) is 2. The molecule has 0 unspecified atom stereocenters. The Balaban J connectivity index is 2.02. The first-order valence-corrected chi connectivity index (χ1v) is 4.74. The van der Waals surface area contributed by atoms with Gasteiger partial charge in [0.2, 0.25) is 6.79 Å². The number of hydrogen-bond donors (Lipinski definition) is 2. The van der Waals surface area contributed by atoms with E-state index in [0.29, 0.717) is 11.5 Å². The summed E-state index contributed by atoms with van der Waals surface area (Å²) in [6.45, 7) is 0.427. The molecule has 0 saturated heterocycles. The topological polar surface area (TPSA) is 112 Å². The molecule has 90 valence electrons. The molecule has 1 aliphatic rings. The minimum atomic E-state index is -0.765. The number of guanidine groups is 1. The molecule has 0 spiro atoms. The zero-order valence-electron chi connectivity index (χ0n) is 8.75. The van der Waals surface area contributed by atoms with Crippen LogP contribution < -0.4 is 20.6 Å². The first-order valence-electron chi connectivity index (χ1n) is 4.74. The van der Waals surface area contributed by atoms with Crippen LogP contribution in [0.15, 0.2) is 23.2 Å². The third-order valence-corrected chi connectivity index (χ3v) is 2.07. The van der Waals surface area contributed by atoms with Crippen LogP contribution in [0, 0.1) is 10.1 Å². The van der Waals surface area contributed by atoms with Crippen LogP contribution in [0.2, 0.25) is 0 Å². The van der Waals surface area contributed by atoms with Crippen molar-refractivity contribution in [3.63, 3.8) is 0 Å². The van der Waals surface area contributed by atoms with E-state index in [0.717, 1.165) is 5.56 Å². The van der Waals surface area contributed by atoms with Crippen LogP contribution in [0.25, 0.3) is 0 Å². The maximum absolute atomic E-state index is 10.1. The zero-order valence-corrected chi connectivity index (χ0v) is 8.75. The van der Waals surface area contributed by atoms with E-state index in [9.17, 15) is 10.1 Å². The monoisotopic (exact) mass is 238 g/mol. The van der Waals surface area contributed by atoms with Crippen LogP contribution in [0.4, 0.5) is 0 Å². The van der Waals surface area contributed by atoms with Gasteiger partial charge in [-0.3, -0.25) is 0 Å². The Kier molecular flexibility index (Phi) is 2.95. The number of nitrogens with one attached hydrogen (secondary N) is 1. The molecule has 8 heteroatoms. The van der Waals surface area contributed by atoms with Crippen LogP contribution in [-0.4, -0.2) is 17.8 Å². The van der Waals surface area contributed by atoms with Gasteiger partial charge in [0.1, 0.15) is 0 Å². The Bertz CT molecular complexity index is 474. The van der Waals surface area contributed by atoms with Crippen molar-refractivity contribution in [2.75, 3.05) is 6.79 Å². The molecule has 0 radical (unpaired) electrons. The molecule has 0 fully saturated rings. The van der Waals surface area contributed by atoms with Crippen molar-refractivity contribution in [1.82, 2.24) is 5.43 Å². The van der Waals surface area contributed by atoms with Crippen LogP contribution in [0.3, 0.4) is 0 Å². The lowest BCUT2D eigenvalue weighted by Crippen LogP contribution is -2.36. The van der Waals surface area contributed by atoms with Crippen molar-refractivity contribution in [1.29, 1.82) is 0 Å². The fraction of sp³-hybridized carbons (Fsp3) is 0.222. The van der Waals surface area contributed by atoms with Crippen LogP contribution in [-0.2, 0) is 6.54 Å². The maximum Gasteiger partial charge on any atom is 0.251 e. The molecule has 0 atom stereocenters. The first-order chi connectivity index (χ1) is 8.15. The second-order valence-electron chi connectivity index (χ2n) is 3.26. The Morgan fingerprint density at radius 1 is 1.53 bits per heavy atom. The third-order valence-electron chi connectivity index (χ3n) is 2.07. The number of nitro groups is 1. The molecule has 0 saturated carbocycles. The Labute approximate surface area is 96.2 Å². The predicted molar refractivity (Wildman–Crippen MR) is 58.0 cm³/mol. The predicted octanol–water partition coefficient (Wildman–Crippen LogP) is 0.0113. The minimum absolute atomic E-state index is 0.201. The van der Waals surface area contributed by atoms with E-state index in [4.69, 9.17) is 15.2 Å². The summed E-state index contributed by atoms with van der Waals surface area (Å²) in [6.07, 6.45) is 0. The normalized spacial score (nSPS) is 13.5. The summed E-state index contributed by atoms with van der Waals surface area (Å²) < 4.78 is 10.3. The van der Waals surface area contributed by atoms with Crippen molar-refractivity contribution in [3.8, 4) is 11.5 Å². The Hall–Kier alpha value is -2.51. The van der Waals surface area contributed by atoms with Gasteiger partial charge in [-0.15, -0.1) is 0 Å². The van der Waals surface area contributed by atoms with E-state index < -0.39 is 5.03 Å². The van der Waals surface area contributed by atoms with E-state index in [2.05, 4.69) is 4.99 Å². The van der Waals surface area contributed by atoms with E-state index in [1.807, 2.05) is 0 Å². The summed E-state index contributed by atoms with van der Waals surface area (Å²) in [7, 11) is 0. The van der Waals surface area contributed by atoms with Crippen LogP contribution in [0.5, 0.6) is 11.5 Å². The molecular weight excluding hydrogens is 228 g/mol. The van der Waals surface area contributed by atoms with E-state index in [1.54, 1.807) is 23.6 Å². The third kappa shape index (κ3) is 2.74. The fourth-order valence-corrected chi connectivity index (χ4v) is 1.34. The Morgan fingerprint density at radius 3 is 3.06 bits per heavy atom. The highest BCUT2D eigenvalue weighted by Crippen LogP contribution is 2.32. The van der Waals surface area contributed by atoms with Gasteiger partial charge in [-0.05, 0) is 17.7 Å². The smallest absolute Gasteiger partial charge is 0.251 e. The van der Waals surface area contributed by atoms with Crippen molar-refractivity contribution in [2.24, 2.45) is 10.7 Å². The largest absolute Gasteiger partial charge is 0.454 e. The van der Waals surface area contributed by atoms with Gasteiger partial charge in [0.25, 0.3) is 5.96 Å². The molecule has 2 rings (SSSR count). The highest BCUT2D eigenvalue weighted by atomic mass is 16.7. The molecule has 17 heavy (non-hydrogen) atoms. The molecule has 1 aromatic rings. The maximum atomic E-state index is 10.1. The number of ether oxygens (including phenoxy) is 2. The summed E-state index contributed by atoms with van der Waals surface area (Å²) in [5, 5.41) is 9.31. The average molecular weight is 238 g/mol. The number of hydrazine groups is 1. The van der Waals surface area contributed by atoms with Gasteiger partial charge in [0.15, 0.2) is 16.5 Å². The van der Waals surface area contributed by atoms with Gasteiger partial charge < -0.3 is 15.2 Å². The number of rotatable bonds is 3. The molecule has 1 heterocycles. The molecule has 8 nitrogen and oxygen atoms in total. The highest BCUT2D eigenvalue weighted by Gasteiger charge is 2.12. The second kappa shape index (κ2) is 4.56. The average Bonchev–Trinajstić information content (AvgIpc) is 2.72. The van der Waals surface area contributed by atoms with E-state index >= 15 is 0 Å². The number of nitrogens with two attached hydrogens (primary N) is 1. The summed E-state index contributed by atoms with van der Waals surface area (Å²) in [4.78, 5) is 13.9. The van der Waals surface area contributed by atoms with Gasteiger partial charge >= 0.3 is 0 Å². The van der Waals surface area contributed by atoms with Gasteiger partial charge in [0.05, 0.1) is 6.54 Å². The number of hydrogen-bond acceptors (Lipinski definition) is 5. The molecule has 1 aromatic carbocycles. The number of fused-ring (bicyclic) bond motifs is 1. The summed E-state index contributed by atoms with van der Waals surface area (Å²) in [5.41, 5.74) is 7.86. The van der Waals surface area contributed by atoms with Gasteiger partial charge in [0, 0.05) is 0 Å². The molecule has 0 bridgehead atoms. The van der Waals surface area contributed by atoms with E-state index in [1.165, 1.54) is 0 Å². The van der Waals surface area contributed by atoms with Crippen LogP contribution in [0.1, 0.15) is 5.56 Å². The molecule has 0 aromatic heterocycles. The molecule has 0 amide bonds. The van der Waals surface area contributed by atoms with Gasteiger partial charge in [-0.1, -0.05) is 11.5 Å².